The van der Waals surface area contributed by atoms with Gasteiger partial charge in [0.2, 0.25) is 29.5 Å². The van der Waals surface area contributed by atoms with Crippen LogP contribution in [0.1, 0.15) is 36.8 Å². The average molecular weight is 697 g/mol. The second-order valence-electron chi connectivity index (χ2n) is 11.7. The summed E-state index contributed by atoms with van der Waals surface area (Å²) in [4.78, 5) is 101. The van der Waals surface area contributed by atoms with Crippen LogP contribution in [0.25, 0.3) is 0 Å². The van der Waals surface area contributed by atoms with E-state index in [9.17, 15) is 48.6 Å². The molecule has 5 atom stereocenters. The maximum absolute atomic E-state index is 13.9. The van der Waals surface area contributed by atoms with Gasteiger partial charge in [-0.2, -0.15) is 0 Å². The first kappa shape index (κ1) is 38.6. The Labute approximate surface area is 286 Å². The first-order valence-electron chi connectivity index (χ1n) is 15.7. The fourth-order valence-corrected chi connectivity index (χ4v) is 5.35. The Balaban J connectivity index is 1.70. The largest absolute Gasteiger partial charge is 0.481 e. The smallest absolute Gasteiger partial charge is 0.326 e. The van der Waals surface area contributed by atoms with Crippen molar-refractivity contribution < 1.29 is 53.7 Å². The van der Waals surface area contributed by atoms with Gasteiger partial charge in [0.25, 0.3) is 0 Å². The minimum absolute atomic E-state index is 0.00484. The van der Waals surface area contributed by atoms with Crippen molar-refractivity contribution in [1.82, 2.24) is 26.2 Å². The minimum Gasteiger partial charge on any atom is -0.481 e. The van der Waals surface area contributed by atoms with Crippen molar-refractivity contribution >= 4 is 47.4 Å². The molecule has 1 aliphatic rings. The SMILES string of the molecule is N[C@@H](CC(=O)O)C(=O)N[C@@H](CC(=O)O)C(=O)NCC(=O)N[C@@H](Cc1ccccc1)C(=O)N1CCC[C@H]1C(=O)N[C@@H](Cc1ccccc1)C(=O)O. The van der Waals surface area contributed by atoms with Crippen molar-refractivity contribution in [3.05, 3.63) is 71.8 Å². The number of nitrogens with zero attached hydrogens (tertiary/aromatic N) is 1. The molecule has 0 unspecified atom stereocenters. The Hall–Kier alpha value is -5.84. The summed E-state index contributed by atoms with van der Waals surface area (Å²) in [5.74, 6) is -8.43. The Morgan fingerprint density at radius 3 is 1.82 bits per heavy atom. The fraction of sp³-hybridized carbons (Fsp3) is 0.394. The Morgan fingerprint density at radius 1 is 0.720 bits per heavy atom. The molecule has 17 nitrogen and oxygen atoms in total. The van der Waals surface area contributed by atoms with Gasteiger partial charge in [0.1, 0.15) is 24.2 Å². The molecule has 0 aliphatic carbocycles. The number of rotatable bonds is 18. The predicted octanol–water partition coefficient (Wildman–Crippen LogP) is -1.61. The van der Waals surface area contributed by atoms with Crippen LogP contribution in [0.5, 0.6) is 0 Å². The molecular formula is C33H40N6O11. The van der Waals surface area contributed by atoms with Crippen molar-refractivity contribution in [2.24, 2.45) is 5.73 Å². The summed E-state index contributed by atoms with van der Waals surface area (Å²) in [6.07, 6.45) is -0.970. The van der Waals surface area contributed by atoms with E-state index >= 15 is 0 Å². The number of hydrogen-bond acceptors (Lipinski definition) is 9. The van der Waals surface area contributed by atoms with Gasteiger partial charge in [-0.1, -0.05) is 60.7 Å². The molecule has 50 heavy (non-hydrogen) atoms. The lowest BCUT2D eigenvalue weighted by atomic mass is 10.0. The molecule has 0 bridgehead atoms. The molecule has 0 spiro atoms. The molecule has 2 aromatic carbocycles. The van der Waals surface area contributed by atoms with Gasteiger partial charge in [-0.3, -0.25) is 33.6 Å². The average Bonchev–Trinajstić information content (AvgIpc) is 3.56. The molecule has 0 aromatic heterocycles. The molecule has 0 radical (unpaired) electrons. The number of hydrogen-bond donors (Lipinski definition) is 8. The maximum Gasteiger partial charge on any atom is 0.326 e. The third-order valence-corrected chi connectivity index (χ3v) is 7.82. The Morgan fingerprint density at radius 2 is 1.28 bits per heavy atom. The van der Waals surface area contributed by atoms with Crippen molar-refractivity contribution in [2.75, 3.05) is 13.1 Å². The van der Waals surface area contributed by atoms with Crippen molar-refractivity contribution in [2.45, 2.75) is 68.7 Å². The lowest BCUT2D eigenvalue weighted by Crippen LogP contribution is -2.57. The molecule has 17 heteroatoms. The summed E-state index contributed by atoms with van der Waals surface area (Å²) in [7, 11) is 0. The summed E-state index contributed by atoms with van der Waals surface area (Å²) in [6.45, 7) is -0.583. The third kappa shape index (κ3) is 12.0. The highest BCUT2D eigenvalue weighted by Crippen LogP contribution is 2.20. The highest BCUT2D eigenvalue weighted by atomic mass is 16.4. The molecule has 268 valence electrons. The number of amides is 5. The van der Waals surface area contributed by atoms with Crippen molar-refractivity contribution in [3.63, 3.8) is 0 Å². The fourth-order valence-electron chi connectivity index (χ4n) is 5.35. The molecule has 9 N–H and O–H groups in total. The molecule has 1 heterocycles. The van der Waals surface area contributed by atoms with Gasteiger partial charge in [-0.15, -0.1) is 0 Å². The monoisotopic (exact) mass is 696 g/mol. The van der Waals surface area contributed by atoms with E-state index in [1.165, 1.54) is 4.90 Å². The highest BCUT2D eigenvalue weighted by Gasteiger charge is 2.39. The van der Waals surface area contributed by atoms with Crippen molar-refractivity contribution in [3.8, 4) is 0 Å². The van der Waals surface area contributed by atoms with Crippen LogP contribution in [-0.2, 0) is 51.2 Å². The van der Waals surface area contributed by atoms with Gasteiger partial charge in [0.15, 0.2) is 0 Å². The van der Waals surface area contributed by atoms with Gasteiger partial charge in [-0.25, -0.2) is 4.79 Å². The second kappa shape index (κ2) is 18.6. The first-order chi connectivity index (χ1) is 23.7. The van der Waals surface area contributed by atoms with E-state index in [-0.39, 0.29) is 25.8 Å². The number of carbonyl (C=O) groups is 8. The highest BCUT2D eigenvalue weighted by molar-refractivity contribution is 5.96. The standard InChI is InChI=1S/C33H40N6O11/c34-21(16-27(41)42)29(45)37-22(17-28(43)44)30(46)35-18-26(40)36-23(14-19-8-3-1-4-9-19)32(48)39-13-7-12-25(39)31(47)38-24(33(49)50)15-20-10-5-2-6-11-20/h1-6,8-11,21-25H,7,12-18,34H2,(H,35,46)(H,36,40)(H,37,45)(H,38,47)(H,41,42)(H,43,44)(H,49,50)/t21-,22-,23-,24-,25-/m0/s1. The number of nitrogens with two attached hydrogens (primary N) is 1. The number of carboxylic acids is 3. The van der Waals surface area contributed by atoms with Gasteiger partial charge in [-0.05, 0) is 24.0 Å². The van der Waals surface area contributed by atoms with Gasteiger partial charge in [0.05, 0.1) is 25.4 Å². The minimum atomic E-state index is -1.70. The zero-order valence-electron chi connectivity index (χ0n) is 26.9. The molecular weight excluding hydrogens is 656 g/mol. The molecule has 1 saturated heterocycles. The van der Waals surface area contributed by atoms with Crippen LogP contribution < -0.4 is 27.0 Å². The van der Waals surface area contributed by atoms with E-state index in [0.29, 0.717) is 17.5 Å². The van der Waals surface area contributed by atoms with E-state index < -0.39 is 97.0 Å². The van der Waals surface area contributed by atoms with Crippen LogP contribution in [0.3, 0.4) is 0 Å². The summed E-state index contributed by atoms with van der Waals surface area (Å²) in [6, 6.07) is 10.6. The van der Waals surface area contributed by atoms with Crippen LogP contribution in [-0.4, -0.2) is 111 Å². The van der Waals surface area contributed by atoms with Crippen LogP contribution in [0, 0.1) is 0 Å². The Bertz CT molecular complexity index is 1560. The predicted molar refractivity (Wildman–Crippen MR) is 174 cm³/mol. The maximum atomic E-state index is 13.9. The van der Waals surface area contributed by atoms with Gasteiger partial charge >= 0.3 is 17.9 Å². The number of likely N-dealkylation sites (tertiary alicyclic amines) is 1. The number of benzene rings is 2. The van der Waals surface area contributed by atoms with E-state index in [0.717, 1.165) is 0 Å². The molecule has 1 fully saturated rings. The van der Waals surface area contributed by atoms with E-state index in [1.54, 1.807) is 60.7 Å². The van der Waals surface area contributed by atoms with Crippen molar-refractivity contribution in [1.29, 1.82) is 0 Å². The first-order valence-corrected chi connectivity index (χ1v) is 15.7. The number of carboxylic acid groups (broad SMARTS) is 3. The van der Waals surface area contributed by atoms with E-state index in [2.05, 4.69) is 21.3 Å². The Kier molecular flexibility index (Phi) is 14.4. The summed E-state index contributed by atoms with van der Waals surface area (Å²) in [5.41, 5.74) is 6.84. The number of carbonyl (C=O) groups excluding carboxylic acids is 5. The topological polar surface area (TPSA) is 275 Å². The lowest BCUT2D eigenvalue weighted by Gasteiger charge is -2.29. The zero-order valence-corrected chi connectivity index (χ0v) is 26.9. The van der Waals surface area contributed by atoms with Crippen LogP contribution >= 0.6 is 0 Å². The molecule has 2 aromatic rings. The van der Waals surface area contributed by atoms with Gasteiger partial charge in [0, 0.05) is 19.4 Å². The van der Waals surface area contributed by atoms with Gasteiger partial charge < -0.3 is 47.2 Å². The second-order valence-corrected chi connectivity index (χ2v) is 11.7. The quantitative estimate of drug-likeness (QED) is 0.0875. The normalized spacial score (nSPS) is 16.2. The zero-order chi connectivity index (χ0) is 36.8. The van der Waals surface area contributed by atoms with E-state index in [4.69, 9.17) is 10.8 Å². The van der Waals surface area contributed by atoms with Crippen LogP contribution in [0.4, 0.5) is 0 Å². The summed E-state index contributed by atoms with van der Waals surface area (Å²) in [5, 5.41) is 37.2. The number of nitrogens with one attached hydrogen (secondary N) is 4. The van der Waals surface area contributed by atoms with Crippen LogP contribution in [0.2, 0.25) is 0 Å². The third-order valence-electron chi connectivity index (χ3n) is 7.82. The number of aliphatic carboxylic acids is 3. The molecule has 1 aliphatic heterocycles. The molecule has 5 amide bonds. The summed E-state index contributed by atoms with van der Waals surface area (Å²) >= 11 is 0. The molecule has 0 saturated carbocycles. The summed E-state index contributed by atoms with van der Waals surface area (Å²) < 4.78 is 0. The van der Waals surface area contributed by atoms with Crippen LogP contribution in [0.15, 0.2) is 60.7 Å². The van der Waals surface area contributed by atoms with E-state index in [1.807, 2.05) is 0 Å². The molecule has 3 rings (SSSR count). The lowest BCUT2D eigenvalue weighted by molar-refractivity contribution is -0.145.